The average Bonchev–Trinajstić information content (AvgIpc) is 1.69. The van der Waals surface area contributed by atoms with Crippen LogP contribution in [0.5, 0.6) is 0 Å². The van der Waals surface area contributed by atoms with Crippen LogP contribution in [0.3, 0.4) is 0 Å². The fraction of sp³-hybridized carbons (Fsp3) is 0. The molecule has 0 atom stereocenters. The molecule has 2 heteroatoms. The molecule has 0 aliphatic carbocycles. The van der Waals surface area contributed by atoms with Gasteiger partial charge in [0.05, 0.1) is 0 Å². The normalized spacial score (nSPS) is 7.50. The van der Waals surface area contributed by atoms with E-state index in [4.69, 9.17) is 5.73 Å². The third-order valence-corrected chi connectivity index (χ3v) is 0.744. The lowest BCUT2D eigenvalue weighted by atomic mass is 10.3. The molecule has 2 N–H and O–H groups in total. The highest BCUT2D eigenvalue weighted by molar-refractivity contribution is 5.85. The highest BCUT2D eigenvalue weighted by Gasteiger charge is 1.72. The lowest BCUT2D eigenvalue weighted by Gasteiger charge is -1.83. The van der Waals surface area contributed by atoms with Gasteiger partial charge in [-0.2, -0.15) is 0 Å². The van der Waals surface area contributed by atoms with Gasteiger partial charge in [0, 0.05) is 5.69 Å². The first-order chi connectivity index (χ1) is 3.39. The molecule has 8 heavy (non-hydrogen) atoms. The largest absolute Gasteiger partial charge is 0.399 e. The van der Waals surface area contributed by atoms with E-state index in [0.717, 1.165) is 5.69 Å². The van der Waals surface area contributed by atoms with E-state index in [1.54, 1.807) is 24.3 Å². The van der Waals surface area contributed by atoms with Crippen LogP contribution in [0.15, 0.2) is 24.3 Å². The minimum atomic E-state index is 0. The van der Waals surface area contributed by atoms with Crippen LogP contribution in [0.25, 0.3) is 0 Å². The number of benzene rings is 1. The standard InChI is InChI=1S/C6H6N.ClH/c7-6-4-2-1-3-5-6;/h2-5H,7H2;1H. The summed E-state index contributed by atoms with van der Waals surface area (Å²) in [5, 5.41) is 0. The Labute approximate surface area is 54.9 Å². The first-order valence-corrected chi connectivity index (χ1v) is 2.11. The molecule has 0 aromatic heterocycles. The van der Waals surface area contributed by atoms with E-state index in [-0.39, 0.29) is 12.4 Å². The highest BCUT2D eigenvalue weighted by Crippen LogP contribution is 1.95. The number of hydrogen-bond donors (Lipinski definition) is 1. The molecule has 1 aromatic carbocycles. The van der Waals surface area contributed by atoms with Crippen LogP contribution in [0.4, 0.5) is 5.69 Å². The fourth-order valence-corrected chi connectivity index (χ4v) is 0.400. The van der Waals surface area contributed by atoms with Gasteiger partial charge in [0.2, 0.25) is 0 Å². The zero-order chi connectivity index (χ0) is 5.11. The second kappa shape index (κ2) is 3.33. The van der Waals surface area contributed by atoms with Gasteiger partial charge >= 0.3 is 0 Å². The van der Waals surface area contributed by atoms with Crippen molar-refractivity contribution in [2.75, 3.05) is 5.73 Å². The Balaban J connectivity index is 0.000000490. The zero-order valence-corrected chi connectivity index (χ0v) is 5.11. The second-order valence-corrected chi connectivity index (χ2v) is 1.33. The maximum atomic E-state index is 5.34. The van der Waals surface area contributed by atoms with Crippen LogP contribution in [-0.4, -0.2) is 0 Å². The van der Waals surface area contributed by atoms with Crippen LogP contribution < -0.4 is 5.73 Å². The van der Waals surface area contributed by atoms with Gasteiger partial charge in [0.15, 0.2) is 0 Å². The van der Waals surface area contributed by atoms with E-state index in [1.165, 1.54) is 0 Å². The number of rotatable bonds is 0. The van der Waals surface area contributed by atoms with Crippen molar-refractivity contribution >= 4 is 18.1 Å². The van der Waals surface area contributed by atoms with Gasteiger partial charge in [-0.05, 0) is 18.2 Å². The van der Waals surface area contributed by atoms with Gasteiger partial charge in [-0.15, -0.1) is 12.4 Å². The Morgan fingerprint density at radius 1 is 1.25 bits per heavy atom. The minimum Gasteiger partial charge on any atom is -0.399 e. The molecule has 0 heterocycles. The van der Waals surface area contributed by atoms with Crippen molar-refractivity contribution in [1.29, 1.82) is 0 Å². The monoisotopic (exact) mass is 128 g/mol. The molecule has 0 saturated heterocycles. The van der Waals surface area contributed by atoms with E-state index in [0.29, 0.717) is 0 Å². The number of nitrogens with two attached hydrogens (primary N) is 1. The quantitative estimate of drug-likeness (QED) is 0.527. The van der Waals surface area contributed by atoms with Gasteiger partial charge in [0.25, 0.3) is 0 Å². The maximum Gasteiger partial charge on any atom is 0.0314 e. The summed E-state index contributed by atoms with van der Waals surface area (Å²) < 4.78 is 0. The number of halogens is 1. The van der Waals surface area contributed by atoms with Crippen molar-refractivity contribution in [3.63, 3.8) is 0 Å². The molecule has 0 aliphatic heterocycles. The van der Waals surface area contributed by atoms with E-state index in [2.05, 4.69) is 6.07 Å². The zero-order valence-electron chi connectivity index (χ0n) is 4.29. The molecular formula is C6H7ClN. The van der Waals surface area contributed by atoms with Gasteiger partial charge in [-0.3, -0.25) is 0 Å². The molecular weight excluding hydrogens is 122 g/mol. The van der Waals surface area contributed by atoms with Crippen LogP contribution in [-0.2, 0) is 0 Å². The smallest absolute Gasteiger partial charge is 0.0314 e. The molecule has 1 aromatic rings. The van der Waals surface area contributed by atoms with Crippen LogP contribution >= 0.6 is 12.4 Å². The van der Waals surface area contributed by atoms with Crippen molar-refractivity contribution in [2.24, 2.45) is 0 Å². The first-order valence-electron chi connectivity index (χ1n) is 2.11. The summed E-state index contributed by atoms with van der Waals surface area (Å²) in [7, 11) is 0. The molecule has 0 aliphatic rings. The first kappa shape index (κ1) is 7.31. The average molecular weight is 129 g/mol. The fourth-order valence-electron chi connectivity index (χ4n) is 0.400. The predicted octanol–water partition coefficient (Wildman–Crippen LogP) is 1.49. The lowest BCUT2D eigenvalue weighted by molar-refractivity contribution is 1.67. The lowest BCUT2D eigenvalue weighted by Crippen LogP contribution is -1.79. The number of nitrogen functional groups attached to an aromatic ring is 1. The van der Waals surface area contributed by atoms with Crippen molar-refractivity contribution in [3.8, 4) is 0 Å². The molecule has 0 saturated carbocycles. The summed E-state index contributed by atoms with van der Waals surface area (Å²) in [6, 6.07) is 10.0. The van der Waals surface area contributed by atoms with Gasteiger partial charge in [-0.25, -0.2) is 0 Å². The Hall–Kier alpha value is -0.690. The highest BCUT2D eigenvalue weighted by atomic mass is 35.5. The third-order valence-electron chi connectivity index (χ3n) is 0.744. The van der Waals surface area contributed by atoms with E-state index >= 15 is 0 Å². The molecule has 0 spiro atoms. The minimum absolute atomic E-state index is 0. The summed E-state index contributed by atoms with van der Waals surface area (Å²) >= 11 is 0. The summed E-state index contributed by atoms with van der Waals surface area (Å²) in [5.74, 6) is 0. The Bertz CT molecular complexity index is 138. The predicted molar refractivity (Wildman–Crippen MR) is 36.9 cm³/mol. The van der Waals surface area contributed by atoms with Crippen molar-refractivity contribution in [2.45, 2.75) is 0 Å². The second-order valence-electron chi connectivity index (χ2n) is 1.33. The van der Waals surface area contributed by atoms with Gasteiger partial charge < -0.3 is 5.73 Å². The topological polar surface area (TPSA) is 26.0 Å². The third kappa shape index (κ3) is 1.85. The van der Waals surface area contributed by atoms with Crippen LogP contribution in [0.2, 0.25) is 0 Å². The number of hydrogen-bond acceptors (Lipinski definition) is 1. The molecule has 0 fully saturated rings. The summed E-state index contributed by atoms with van der Waals surface area (Å²) in [4.78, 5) is 0. The van der Waals surface area contributed by atoms with E-state index < -0.39 is 0 Å². The summed E-state index contributed by atoms with van der Waals surface area (Å²) in [5.41, 5.74) is 6.13. The molecule has 43 valence electrons. The van der Waals surface area contributed by atoms with Gasteiger partial charge in [-0.1, -0.05) is 12.1 Å². The van der Waals surface area contributed by atoms with Crippen molar-refractivity contribution in [3.05, 3.63) is 30.3 Å². The maximum absolute atomic E-state index is 5.34. The van der Waals surface area contributed by atoms with Crippen molar-refractivity contribution < 1.29 is 0 Å². The molecule has 0 amide bonds. The summed E-state index contributed by atoms with van der Waals surface area (Å²) in [6.45, 7) is 0. The SMILES string of the molecule is Cl.Nc1cc[c]cc1. The van der Waals surface area contributed by atoms with Crippen molar-refractivity contribution in [1.82, 2.24) is 0 Å². The van der Waals surface area contributed by atoms with Gasteiger partial charge in [0.1, 0.15) is 0 Å². The molecule has 1 rings (SSSR count). The Morgan fingerprint density at radius 2 is 1.75 bits per heavy atom. The molecule has 1 radical (unpaired) electrons. The summed E-state index contributed by atoms with van der Waals surface area (Å²) in [6.07, 6.45) is 0. The molecule has 0 unspecified atom stereocenters. The van der Waals surface area contributed by atoms with Crippen LogP contribution in [0.1, 0.15) is 0 Å². The van der Waals surface area contributed by atoms with Crippen LogP contribution in [0, 0.1) is 6.07 Å². The Morgan fingerprint density at radius 3 is 2.00 bits per heavy atom. The number of anilines is 1. The molecule has 1 nitrogen and oxygen atoms in total. The van der Waals surface area contributed by atoms with E-state index in [9.17, 15) is 0 Å². The van der Waals surface area contributed by atoms with E-state index in [1.807, 2.05) is 0 Å². The molecule has 0 bridgehead atoms. The Kier molecular flexibility index (Phi) is 3.04.